The molecular formula is C16H16ClFN2O. The van der Waals surface area contributed by atoms with E-state index in [-0.39, 0.29) is 11.7 Å². The van der Waals surface area contributed by atoms with Gasteiger partial charge in [-0.3, -0.25) is 4.79 Å². The number of pyridine rings is 1. The standard InChI is InChI=1S/C16H16ClFN2O/c1-16(2,15(21)19-3)13-9-20-14(17)8-12(13)10-4-6-11(18)7-5-10/h4-9H,1-3H3,(H,19,21). The van der Waals surface area contributed by atoms with Crippen LogP contribution in [0.3, 0.4) is 0 Å². The molecule has 0 saturated carbocycles. The first-order valence-corrected chi connectivity index (χ1v) is 6.88. The lowest BCUT2D eigenvalue weighted by molar-refractivity contribution is -0.125. The van der Waals surface area contributed by atoms with E-state index in [2.05, 4.69) is 10.3 Å². The summed E-state index contributed by atoms with van der Waals surface area (Å²) in [6.07, 6.45) is 1.59. The lowest BCUT2D eigenvalue weighted by Gasteiger charge is -2.25. The number of benzene rings is 1. The molecule has 3 nitrogen and oxygen atoms in total. The van der Waals surface area contributed by atoms with Gasteiger partial charge in [0.1, 0.15) is 11.0 Å². The number of carbonyl (C=O) groups is 1. The summed E-state index contributed by atoms with van der Waals surface area (Å²) in [5, 5.41) is 2.97. The van der Waals surface area contributed by atoms with Crippen LogP contribution >= 0.6 is 11.6 Å². The van der Waals surface area contributed by atoms with E-state index in [0.29, 0.717) is 5.15 Å². The number of nitrogens with one attached hydrogen (secondary N) is 1. The van der Waals surface area contributed by atoms with Gasteiger partial charge in [-0.15, -0.1) is 0 Å². The van der Waals surface area contributed by atoms with Crippen LogP contribution in [0.1, 0.15) is 19.4 Å². The number of carbonyl (C=O) groups excluding carboxylic acids is 1. The Morgan fingerprint density at radius 1 is 1.29 bits per heavy atom. The molecule has 0 bridgehead atoms. The predicted octanol–water partition coefficient (Wildman–Crippen LogP) is 3.56. The summed E-state index contributed by atoms with van der Waals surface area (Å²) in [6.45, 7) is 3.62. The van der Waals surface area contributed by atoms with Gasteiger partial charge in [-0.05, 0) is 48.7 Å². The zero-order chi connectivity index (χ0) is 15.6. The Morgan fingerprint density at radius 2 is 1.90 bits per heavy atom. The van der Waals surface area contributed by atoms with Gasteiger partial charge in [0.2, 0.25) is 5.91 Å². The van der Waals surface area contributed by atoms with Gasteiger partial charge in [-0.1, -0.05) is 23.7 Å². The van der Waals surface area contributed by atoms with Crippen molar-refractivity contribution in [2.75, 3.05) is 7.05 Å². The van der Waals surface area contributed by atoms with Crippen LogP contribution < -0.4 is 5.32 Å². The molecule has 0 aliphatic rings. The van der Waals surface area contributed by atoms with Crippen LogP contribution in [0.4, 0.5) is 4.39 Å². The van der Waals surface area contributed by atoms with Crippen LogP contribution in [0.2, 0.25) is 5.15 Å². The molecule has 1 aromatic carbocycles. The van der Waals surface area contributed by atoms with Crippen molar-refractivity contribution in [3.63, 3.8) is 0 Å². The molecule has 21 heavy (non-hydrogen) atoms. The Bertz CT molecular complexity index is 668. The van der Waals surface area contributed by atoms with Crippen molar-refractivity contribution in [1.82, 2.24) is 10.3 Å². The molecule has 0 fully saturated rings. The lowest BCUT2D eigenvalue weighted by Crippen LogP contribution is -2.38. The second-order valence-electron chi connectivity index (χ2n) is 5.26. The molecule has 0 unspecified atom stereocenters. The molecule has 1 aromatic heterocycles. The van der Waals surface area contributed by atoms with E-state index in [9.17, 15) is 9.18 Å². The SMILES string of the molecule is CNC(=O)C(C)(C)c1cnc(Cl)cc1-c1ccc(F)cc1. The average Bonchev–Trinajstić information content (AvgIpc) is 2.46. The highest BCUT2D eigenvalue weighted by Crippen LogP contribution is 2.34. The Labute approximate surface area is 128 Å². The van der Waals surface area contributed by atoms with Crippen molar-refractivity contribution in [2.45, 2.75) is 19.3 Å². The predicted molar refractivity (Wildman–Crippen MR) is 81.7 cm³/mol. The van der Waals surface area contributed by atoms with Crippen molar-refractivity contribution in [2.24, 2.45) is 0 Å². The highest BCUT2D eigenvalue weighted by molar-refractivity contribution is 6.29. The maximum atomic E-state index is 13.1. The van der Waals surface area contributed by atoms with Gasteiger partial charge < -0.3 is 5.32 Å². The normalized spacial score (nSPS) is 11.3. The summed E-state index contributed by atoms with van der Waals surface area (Å²) < 4.78 is 13.1. The third kappa shape index (κ3) is 3.05. The van der Waals surface area contributed by atoms with Crippen LogP contribution in [0.15, 0.2) is 36.5 Å². The summed E-state index contributed by atoms with van der Waals surface area (Å²) in [5.41, 5.74) is 1.50. The Hall–Kier alpha value is -1.94. The van der Waals surface area contributed by atoms with E-state index in [0.717, 1.165) is 16.7 Å². The molecule has 0 saturated heterocycles. The molecule has 1 heterocycles. The number of nitrogens with zero attached hydrogens (tertiary/aromatic N) is 1. The van der Waals surface area contributed by atoms with Gasteiger partial charge in [0, 0.05) is 13.2 Å². The molecule has 2 aromatic rings. The second-order valence-corrected chi connectivity index (χ2v) is 5.65. The van der Waals surface area contributed by atoms with Gasteiger partial charge in [0.25, 0.3) is 0 Å². The molecule has 2 rings (SSSR count). The fraction of sp³-hybridized carbons (Fsp3) is 0.250. The smallest absolute Gasteiger partial charge is 0.229 e. The fourth-order valence-corrected chi connectivity index (χ4v) is 2.39. The summed E-state index contributed by atoms with van der Waals surface area (Å²) in [7, 11) is 1.59. The van der Waals surface area contributed by atoms with Gasteiger partial charge in [0.05, 0.1) is 5.41 Å². The minimum Gasteiger partial charge on any atom is -0.358 e. The van der Waals surface area contributed by atoms with Crippen molar-refractivity contribution < 1.29 is 9.18 Å². The van der Waals surface area contributed by atoms with E-state index in [4.69, 9.17) is 11.6 Å². The van der Waals surface area contributed by atoms with Crippen molar-refractivity contribution in [3.05, 3.63) is 53.1 Å². The molecule has 0 aliphatic carbocycles. The fourth-order valence-electron chi connectivity index (χ4n) is 2.23. The van der Waals surface area contributed by atoms with Crippen LogP contribution in [-0.2, 0) is 10.2 Å². The van der Waals surface area contributed by atoms with Gasteiger partial charge >= 0.3 is 0 Å². The maximum Gasteiger partial charge on any atom is 0.229 e. The highest BCUT2D eigenvalue weighted by atomic mass is 35.5. The van der Waals surface area contributed by atoms with Crippen molar-refractivity contribution >= 4 is 17.5 Å². The van der Waals surface area contributed by atoms with Crippen LogP contribution in [-0.4, -0.2) is 17.9 Å². The zero-order valence-corrected chi connectivity index (χ0v) is 12.8. The minimum atomic E-state index is -0.782. The number of hydrogen-bond acceptors (Lipinski definition) is 2. The molecular weight excluding hydrogens is 291 g/mol. The molecule has 0 aliphatic heterocycles. The molecule has 0 atom stereocenters. The molecule has 5 heteroatoms. The first-order chi connectivity index (χ1) is 9.86. The highest BCUT2D eigenvalue weighted by Gasteiger charge is 2.32. The number of aromatic nitrogens is 1. The van der Waals surface area contributed by atoms with Crippen LogP contribution in [0.25, 0.3) is 11.1 Å². The van der Waals surface area contributed by atoms with Gasteiger partial charge in [0.15, 0.2) is 0 Å². The lowest BCUT2D eigenvalue weighted by atomic mass is 9.80. The van der Waals surface area contributed by atoms with Crippen LogP contribution in [0, 0.1) is 5.82 Å². The first kappa shape index (κ1) is 15.4. The van der Waals surface area contributed by atoms with Crippen LogP contribution in [0.5, 0.6) is 0 Å². The number of halogens is 2. The molecule has 1 amide bonds. The molecule has 0 spiro atoms. The van der Waals surface area contributed by atoms with E-state index in [1.807, 2.05) is 13.8 Å². The van der Waals surface area contributed by atoms with Crippen molar-refractivity contribution in [3.8, 4) is 11.1 Å². The van der Waals surface area contributed by atoms with Crippen molar-refractivity contribution in [1.29, 1.82) is 0 Å². The van der Waals surface area contributed by atoms with E-state index in [1.54, 1.807) is 31.4 Å². The Kier molecular flexibility index (Phi) is 4.28. The van der Waals surface area contributed by atoms with E-state index in [1.165, 1.54) is 12.1 Å². The third-order valence-corrected chi connectivity index (χ3v) is 3.70. The van der Waals surface area contributed by atoms with E-state index < -0.39 is 5.41 Å². The number of hydrogen-bond donors (Lipinski definition) is 1. The molecule has 0 radical (unpaired) electrons. The number of amides is 1. The maximum absolute atomic E-state index is 13.1. The second kappa shape index (κ2) is 5.82. The third-order valence-electron chi connectivity index (χ3n) is 3.49. The number of rotatable bonds is 3. The molecule has 1 N–H and O–H groups in total. The van der Waals surface area contributed by atoms with Gasteiger partial charge in [-0.25, -0.2) is 9.37 Å². The number of likely N-dealkylation sites (N-methyl/N-ethyl adjacent to an activating group) is 1. The van der Waals surface area contributed by atoms with Gasteiger partial charge in [-0.2, -0.15) is 0 Å². The zero-order valence-electron chi connectivity index (χ0n) is 12.1. The summed E-state index contributed by atoms with van der Waals surface area (Å²) >= 11 is 5.98. The molecule has 110 valence electrons. The minimum absolute atomic E-state index is 0.130. The topological polar surface area (TPSA) is 42.0 Å². The monoisotopic (exact) mass is 306 g/mol. The summed E-state index contributed by atoms with van der Waals surface area (Å²) in [6, 6.07) is 7.75. The largest absolute Gasteiger partial charge is 0.358 e. The summed E-state index contributed by atoms with van der Waals surface area (Å²) in [4.78, 5) is 16.2. The first-order valence-electron chi connectivity index (χ1n) is 6.50. The Morgan fingerprint density at radius 3 is 2.48 bits per heavy atom. The summed E-state index contributed by atoms with van der Waals surface area (Å²) in [5.74, 6) is -0.444. The average molecular weight is 307 g/mol. The Balaban J connectivity index is 2.63. The quantitative estimate of drug-likeness (QED) is 0.881. The van der Waals surface area contributed by atoms with E-state index >= 15 is 0 Å².